The van der Waals surface area contributed by atoms with Gasteiger partial charge in [0.2, 0.25) is 0 Å². The Hall–Kier alpha value is 1.09. The lowest BCUT2D eigenvalue weighted by Crippen LogP contribution is -2.46. The third-order valence-electron chi connectivity index (χ3n) is 2.53. The molecule has 0 saturated carbocycles. The van der Waals surface area contributed by atoms with E-state index in [0.29, 0.717) is 3.36 Å². The Morgan fingerprint density at radius 1 is 1.00 bits per heavy atom. The number of alkyl halides is 2. The summed E-state index contributed by atoms with van der Waals surface area (Å²) < 4.78 is 3.68. The molecule has 0 aliphatic carbocycles. The fourth-order valence-electron chi connectivity index (χ4n) is 1.19. The van der Waals surface area contributed by atoms with Crippen molar-refractivity contribution in [1.29, 1.82) is 0 Å². The first kappa shape index (κ1) is 14.2. The average Bonchev–Trinajstić information content (AvgIpc) is 2.50. The molecule has 5 heteroatoms. The van der Waals surface area contributed by atoms with Crippen molar-refractivity contribution in [2.45, 2.75) is 36.1 Å². The van der Waals surface area contributed by atoms with Crippen LogP contribution >= 0.6 is 43.2 Å². The van der Waals surface area contributed by atoms with E-state index >= 15 is 0 Å². The van der Waals surface area contributed by atoms with Gasteiger partial charge < -0.3 is 0 Å². The summed E-state index contributed by atoms with van der Waals surface area (Å²) in [4.78, 5) is 0. The minimum atomic E-state index is -1.34. The van der Waals surface area contributed by atoms with Crippen LogP contribution in [0.1, 0.15) is 0 Å². The van der Waals surface area contributed by atoms with E-state index in [-0.39, 0.29) is 0 Å². The summed E-state index contributed by atoms with van der Waals surface area (Å²) in [7, 11) is -2.46. The summed E-state index contributed by atoms with van der Waals surface area (Å²) in [5, 5.41) is 0. The van der Waals surface area contributed by atoms with Crippen molar-refractivity contribution in [3.05, 3.63) is 12.1 Å². The Bertz CT molecular complexity index is 339. The first-order chi connectivity index (χ1) is 6.65. The van der Waals surface area contributed by atoms with E-state index in [1.54, 1.807) is 9.00 Å². The molecule has 0 unspecified atom stereocenters. The SMILES string of the molecule is C[Si](C)(C)c1ccc([Si](C)(C)C(Br)Br)s1. The predicted molar refractivity (Wildman–Crippen MR) is 86.1 cm³/mol. The second-order valence-corrected chi connectivity index (χ2v) is 21.6. The molecule has 0 saturated heterocycles. The highest BCUT2D eigenvalue weighted by Crippen LogP contribution is 2.23. The number of rotatable bonds is 3. The van der Waals surface area contributed by atoms with Crippen molar-refractivity contribution in [3.63, 3.8) is 0 Å². The molecule has 0 nitrogen and oxygen atoms in total. The van der Waals surface area contributed by atoms with Crippen LogP contribution in [0.3, 0.4) is 0 Å². The lowest BCUT2D eigenvalue weighted by molar-refractivity contribution is 1.72. The summed E-state index contributed by atoms with van der Waals surface area (Å²) in [6, 6.07) is 4.70. The molecule has 0 aliphatic rings. The van der Waals surface area contributed by atoms with Gasteiger partial charge in [-0.1, -0.05) is 76.7 Å². The highest BCUT2D eigenvalue weighted by Gasteiger charge is 2.33. The molecule has 0 amide bonds. The van der Waals surface area contributed by atoms with Crippen molar-refractivity contribution in [1.82, 2.24) is 0 Å². The van der Waals surface area contributed by atoms with Crippen molar-refractivity contribution in [3.8, 4) is 0 Å². The summed E-state index contributed by atoms with van der Waals surface area (Å²) in [6.45, 7) is 12.0. The summed E-state index contributed by atoms with van der Waals surface area (Å²) in [5.41, 5.74) is 0. The molecule has 1 aromatic heterocycles. The van der Waals surface area contributed by atoms with Crippen LogP contribution in [0.5, 0.6) is 0 Å². The third-order valence-corrected chi connectivity index (χ3v) is 18.3. The Balaban J connectivity index is 3.04. The summed E-state index contributed by atoms with van der Waals surface area (Å²) in [5.74, 6) is 0. The van der Waals surface area contributed by atoms with Gasteiger partial charge >= 0.3 is 0 Å². The molecule has 0 aromatic carbocycles. The lowest BCUT2D eigenvalue weighted by Gasteiger charge is -2.22. The van der Waals surface area contributed by atoms with Gasteiger partial charge in [0.1, 0.15) is 8.07 Å². The highest BCUT2D eigenvalue weighted by atomic mass is 79.9. The Morgan fingerprint density at radius 3 is 1.80 bits per heavy atom. The van der Waals surface area contributed by atoms with Crippen LogP contribution in [-0.4, -0.2) is 19.5 Å². The van der Waals surface area contributed by atoms with E-state index < -0.39 is 16.1 Å². The van der Waals surface area contributed by atoms with Crippen molar-refractivity contribution in [2.75, 3.05) is 0 Å². The fourth-order valence-corrected chi connectivity index (χ4v) is 9.00. The minimum absolute atomic E-state index is 0.464. The smallest absolute Gasteiger partial charge is 0.120 e. The second kappa shape index (κ2) is 4.76. The molecule has 86 valence electrons. The number of thiophene rings is 1. The summed E-state index contributed by atoms with van der Waals surface area (Å²) >= 11 is 9.42. The van der Waals surface area contributed by atoms with Gasteiger partial charge in [0, 0.05) is 0 Å². The molecular weight excluding hydrogens is 368 g/mol. The molecule has 0 radical (unpaired) electrons. The van der Waals surface area contributed by atoms with Gasteiger partial charge in [-0.3, -0.25) is 0 Å². The molecule has 1 aromatic rings. The largest absolute Gasteiger partial charge is 0.155 e. The van der Waals surface area contributed by atoms with Gasteiger partial charge in [0.15, 0.2) is 0 Å². The van der Waals surface area contributed by atoms with Gasteiger partial charge in [0.05, 0.1) is 11.4 Å². The molecule has 0 N–H and O–H groups in total. The van der Waals surface area contributed by atoms with E-state index in [9.17, 15) is 0 Å². The van der Waals surface area contributed by atoms with Crippen LogP contribution in [-0.2, 0) is 0 Å². The lowest BCUT2D eigenvalue weighted by atomic mass is 10.7. The fraction of sp³-hybridized carbons (Fsp3) is 0.600. The molecule has 1 rings (SSSR count). The Morgan fingerprint density at radius 2 is 1.47 bits per heavy atom. The standard InChI is InChI=1S/C10H18Br2SSi2/c1-14(2,3)8-6-7-9(13-8)15(4,5)10(11)12/h6-7,10H,1-5H3. The van der Waals surface area contributed by atoms with Crippen molar-refractivity contribution in [2.24, 2.45) is 0 Å². The quantitative estimate of drug-likeness (QED) is 0.547. The normalized spacial score (nSPS) is 13.6. The molecule has 0 atom stereocenters. The first-order valence-electron chi connectivity index (χ1n) is 5.04. The maximum atomic E-state index is 3.69. The van der Waals surface area contributed by atoms with Crippen LogP contribution in [0, 0.1) is 0 Å². The predicted octanol–water partition coefficient (Wildman–Crippen LogP) is 3.86. The maximum Gasteiger partial charge on any atom is 0.120 e. The first-order valence-corrected chi connectivity index (χ1v) is 14.3. The minimum Gasteiger partial charge on any atom is -0.155 e. The number of halogens is 2. The molecule has 0 bridgehead atoms. The molecule has 15 heavy (non-hydrogen) atoms. The average molecular weight is 386 g/mol. The maximum absolute atomic E-state index is 3.69. The van der Waals surface area contributed by atoms with Gasteiger partial charge in [-0.15, -0.1) is 0 Å². The van der Waals surface area contributed by atoms with Gasteiger partial charge in [-0.05, 0) is 9.00 Å². The second-order valence-electron chi connectivity index (χ2n) is 5.44. The van der Waals surface area contributed by atoms with Gasteiger partial charge in [-0.25, -0.2) is 0 Å². The van der Waals surface area contributed by atoms with E-state index in [1.807, 2.05) is 11.3 Å². The van der Waals surface area contributed by atoms with Crippen LogP contribution < -0.4 is 9.00 Å². The van der Waals surface area contributed by atoms with Crippen LogP contribution in [0.15, 0.2) is 12.1 Å². The molecule has 1 heterocycles. The Kier molecular flexibility index (Phi) is 4.49. The van der Waals surface area contributed by atoms with E-state index in [0.717, 1.165) is 0 Å². The van der Waals surface area contributed by atoms with Crippen LogP contribution in [0.2, 0.25) is 32.7 Å². The molecule has 0 spiro atoms. The van der Waals surface area contributed by atoms with Crippen LogP contribution in [0.4, 0.5) is 0 Å². The van der Waals surface area contributed by atoms with E-state index in [4.69, 9.17) is 0 Å². The van der Waals surface area contributed by atoms with Crippen molar-refractivity contribution >= 4 is 68.3 Å². The summed E-state index contributed by atoms with van der Waals surface area (Å²) in [6.07, 6.45) is 0. The van der Waals surface area contributed by atoms with E-state index in [1.165, 1.54) is 0 Å². The van der Waals surface area contributed by atoms with Crippen LogP contribution in [0.25, 0.3) is 0 Å². The molecule has 0 fully saturated rings. The van der Waals surface area contributed by atoms with Gasteiger partial charge in [-0.2, -0.15) is 11.3 Å². The van der Waals surface area contributed by atoms with Crippen molar-refractivity contribution < 1.29 is 0 Å². The number of hydrogen-bond acceptors (Lipinski definition) is 1. The van der Waals surface area contributed by atoms with Gasteiger partial charge in [0.25, 0.3) is 0 Å². The molecule has 0 aliphatic heterocycles. The Labute approximate surface area is 116 Å². The third kappa shape index (κ3) is 3.28. The number of hydrogen-bond donors (Lipinski definition) is 0. The zero-order valence-electron chi connectivity index (χ0n) is 9.90. The zero-order chi connectivity index (χ0) is 11.9. The topological polar surface area (TPSA) is 0 Å². The zero-order valence-corrected chi connectivity index (χ0v) is 15.9. The monoisotopic (exact) mass is 384 g/mol. The molecular formula is C10H18Br2SSi2. The van der Waals surface area contributed by atoms with E-state index in [2.05, 4.69) is 76.7 Å². The highest BCUT2D eigenvalue weighted by molar-refractivity contribution is 9.25.